The normalized spacial score (nSPS) is 12.9. The summed E-state index contributed by atoms with van der Waals surface area (Å²) in [6.07, 6.45) is 0.250. The van der Waals surface area contributed by atoms with Crippen LogP contribution in [-0.4, -0.2) is 19.8 Å². The van der Waals surface area contributed by atoms with Gasteiger partial charge in [0.15, 0.2) is 0 Å². The van der Waals surface area contributed by atoms with Crippen molar-refractivity contribution in [3.63, 3.8) is 0 Å². The van der Waals surface area contributed by atoms with Gasteiger partial charge in [0.1, 0.15) is 11.9 Å². The third-order valence-electron chi connectivity index (χ3n) is 1.56. The van der Waals surface area contributed by atoms with Crippen molar-refractivity contribution in [2.45, 2.75) is 13.0 Å². The molecule has 0 radical (unpaired) electrons. The fourth-order valence-electron chi connectivity index (χ4n) is 1.06. The lowest BCUT2D eigenvalue weighted by Gasteiger charge is -2.02. The maximum Gasteiger partial charge on any atom is 0.312 e. The molecule has 1 aromatic rings. The molecule has 6 heteroatoms. The minimum Gasteiger partial charge on any atom is -0.387 e. The fourth-order valence-corrected chi connectivity index (χ4v) is 1.06. The van der Waals surface area contributed by atoms with E-state index >= 15 is 0 Å². The van der Waals surface area contributed by atoms with Gasteiger partial charge in [-0.3, -0.25) is 14.8 Å². The molecule has 1 heterocycles. The highest BCUT2D eigenvalue weighted by Gasteiger charge is 2.22. The average molecular weight is 171 g/mol. The molecule has 12 heavy (non-hydrogen) atoms. The monoisotopic (exact) mass is 171 g/mol. The number of hydrogen-bond acceptors (Lipinski definition) is 4. The molecule has 1 N–H and O–H groups in total. The fraction of sp³-hybridized carbons (Fsp3) is 0.500. The minimum atomic E-state index is -0.877. The summed E-state index contributed by atoms with van der Waals surface area (Å²) >= 11 is 0. The summed E-state index contributed by atoms with van der Waals surface area (Å²) in [5.74, 6) is 0. The largest absolute Gasteiger partial charge is 0.387 e. The molecule has 0 saturated heterocycles. The van der Waals surface area contributed by atoms with Crippen LogP contribution in [0, 0.1) is 10.1 Å². The van der Waals surface area contributed by atoms with Gasteiger partial charge in [0.05, 0.1) is 11.0 Å². The Morgan fingerprint density at radius 2 is 2.42 bits per heavy atom. The van der Waals surface area contributed by atoms with E-state index in [-0.39, 0.29) is 11.4 Å². The third kappa shape index (κ3) is 1.28. The number of aryl methyl sites for hydroxylation is 1. The molecular weight excluding hydrogens is 162 g/mol. The second-order valence-electron chi connectivity index (χ2n) is 2.47. The van der Waals surface area contributed by atoms with E-state index in [0.717, 1.165) is 6.20 Å². The number of nitrogens with zero attached hydrogens (tertiary/aromatic N) is 3. The third-order valence-corrected chi connectivity index (χ3v) is 1.56. The van der Waals surface area contributed by atoms with Crippen molar-refractivity contribution in [1.82, 2.24) is 9.78 Å². The summed E-state index contributed by atoms with van der Waals surface area (Å²) < 4.78 is 1.29. The molecule has 66 valence electrons. The topological polar surface area (TPSA) is 81.2 Å². The van der Waals surface area contributed by atoms with Gasteiger partial charge >= 0.3 is 5.69 Å². The van der Waals surface area contributed by atoms with Crippen LogP contribution < -0.4 is 0 Å². The van der Waals surface area contributed by atoms with Crippen molar-refractivity contribution in [3.05, 3.63) is 22.0 Å². The number of aliphatic hydroxyl groups excluding tert-OH is 1. The van der Waals surface area contributed by atoms with E-state index in [0.29, 0.717) is 0 Å². The van der Waals surface area contributed by atoms with Crippen LogP contribution in [0.3, 0.4) is 0 Å². The van der Waals surface area contributed by atoms with Gasteiger partial charge in [-0.15, -0.1) is 0 Å². The predicted molar refractivity (Wildman–Crippen MR) is 40.5 cm³/mol. The molecule has 0 bridgehead atoms. The molecule has 0 aromatic carbocycles. The van der Waals surface area contributed by atoms with Gasteiger partial charge in [-0.2, -0.15) is 5.10 Å². The predicted octanol–water partition coefficient (Wildman–Crippen LogP) is 0.382. The van der Waals surface area contributed by atoms with E-state index in [1.165, 1.54) is 11.6 Å². The summed E-state index contributed by atoms with van der Waals surface area (Å²) in [5.41, 5.74) is 0.0764. The summed E-state index contributed by atoms with van der Waals surface area (Å²) in [7, 11) is 1.55. The molecule has 0 amide bonds. The molecule has 1 rings (SSSR count). The van der Waals surface area contributed by atoms with Gasteiger partial charge in [0.25, 0.3) is 0 Å². The summed E-state index contributed by atoms with van der Waals surface area (Å²) in [6.45, 7) is 1.46. The minimum absolute atomic E-state index is 0.146. The van der Waals surface area contributed by atoms with Gasteiger partial charge < -0.3 is 5.11 Å². The highest BCUT2D eigenvalue weighted by atomic mass is 16.6. The Balaban J connectivity index is 3.21. The lowest BCUT2D eigenvalue weighted by molar-refractivity contribution is -0.386. The van der Waals surface area contributed by atoms with Crippen LogP contribution in [0.25, 0.3) is 0 Å². The van der Waals surface area contributed by atoms with Crippen LogP contribution in [0.1, 0.15) is 18.7 Å². The molecular formula is C6H9N3O3. The molecule has 1 aromatic heterocycles. The van der Waals surface area contributed by atoms with Crippen LogP contribution in [-0.2, 0) is 7.05 Å². The van der Waals surface area contributed by atoms with Crippen molar-refractivity contribution in [2.75, 3.05) is 0 Å². The zero-order valence-electron chi connectivity index (χ0n) is 6.76. The maximum atomic E-state index is 10.4. The van der Waals surface area contributed by atoms with Gasteiger partial charge in [-0.05, 0) is 6.92 Å². The van der Waals surface area contributed by atoms with Gasteiger partial charge in [-0.25, -0.2) is 0 Å². The molecule has 0 fully saturated rings. The van der Waals surface area contributed by atoms with Crippen molar-refractivity contribution in [1.29, 1.82) is 0 Å². The summed E-state index contributed by atoms with van der Waals surface area (Å²) in [4.78, 5) is 9.82. The summed E-state index contributed by atoms with van der Waals surface area (Å²) in [5, 5.41) is 23.2. The van der Waals surface area contributed by atoms with E-state index < -0.39 is 11.0 Å². The Morgan fingerprint density at radius 3 is 2.75 bits per heavy atom. The van der Waals surface area contributed by atoms with Crippen LogP contribution in [0.2, 0.25) is 0 Å². The zero-order valence-corrected chi connectivity index (χ0v) is 6.76. The number of nitro groups is 1. The number of rotatable bonds is 2. The first-order valence-electron chi connectivity index (χ1n) is 3.38. The van der Waals surface area contributed by atoms with E-state index in [9.17, 15) is 10.1 Å². The lowest BCUT2D eigenvalue weighted by Crippen LogP contribution is -2.04. The zero-order chi connectivity index (χ0) is 9.30. The lowest BCUT2D eigenvalue weighted by atomic mass is 10.2. The van der Waals surface area contributed by atoms with Gasteiger partial charge in [0, 0.05) is 7.05 Å². The van der Waals surface area contributed by atoms with Crippen molar-refractivity contribution in [2.24, 2.45) is 7.05 Å². The number of aliphatic hydroxyl groups is 1. The van der Waals surface area contributed by atoms with Crippen molar-refractivity contribution in [3.8, 4) is 0 Å². The SMILES string of the molecule is C[C@@H](O)c1c([N+](=O)[O-])cnn1C. The highest BCUT2D eigenvalue weighted by Crippen LogP contribution is 2.22. The van der Waals surface area contributed by atoms with Crippen LogP contribution in [0.5, 0.6) is 0 Å². The molecule has 0 aliphatic heterocycles. The Labute approximate surface area is 68.6 Å². The molecule has 0 saturated carbocycles. The van der Waals surface area contributed by atoms with Gasteiger partial charge in [0.2, 0.25) is 0 Å². The second-order valence-corrected chi connectivity index (χ2v) is 2.47. The Kier molecular flexibility index (Phi) is 2.09. The van der Waals surface area contributed by atoms with Gasteiger partial charge in [-0.1, -0.05) is 0 Å². The van der Waals surface area contributed by atoms with E-state index in [1.54, 1.807) is 7.05 Å². The van der Waals surface area contributed by atoms with Crippen molar-refractivity contribution >= 4 is 5.69 Å². The van der Waals surface area contributed by atoms with Crippen molar-refractivity contribution < 1.29 is 10.0 Å². The smallest absolute Gasteiger partial charge is 0.312 e. The average Bonchev–Trinajstić information content (AvgIpc) is 2.30. The Morgan fingerprint density at radius 1 is 1.83 bits per heavy atom. The maximum absolute atomic E-state index is 10.4. The standard InChI is InChI=1S/C6H9N3O3/c1-4(10)6-5(9(11)12)3-7-8(6)2/h3-4,10H,1-2H3/t4-/m1/s1. The first-order valence-corrected chi connectivity index (χ1v) is 3.38. The number of hydrogen-bond donors (Lipinski definition) is 1. The molecule has 0 aliphatic carbocycles. The van der Waals surface area contributed by atoms with Crippen LogP contribution in [0.4, 0.5) is 5.69 Å². The Bertz CT molecular complexity index is 305. The van der Waals surface area contributed by atoms with Crippen LogP contribution >= 0.6 is 0 Å². The number of aromatic nitrogens is 2. The highest BCUT2D eigenvalue weighted by molar-refractivity contribution is 5.34. The molecule has 1 atom stereocenters. The first-order chi connectivity index (χ1) is 5.54. The Hall–Kier alpha value is -1.43. The second kappa shape index (κ2) is 2.90. The van der Waals surface area contributed by atoms with E-state index in [1.807, 2.05) is 0 Å². The molecule has 0 unspecified atom stereocenters. The molecule has 6 nitrogen and oxygen atoms in total. The van der Waals surface area contributed by atoms with Crippen LogP contribution in [0.15, 0.2) is 6.20 Å². The first kappa shape index (κ1) is 8.66. The van der Waals surface area contributed by atoms with E-state index in [2.05, 4.69) is 5.10 Å². The van der Waals surface area contributed by atoms with E-state index in [4.69, 9.17) is 5.11 Å². The quantitative estimate of drug-likeness (QED) is 0.515. The molecule has 0 aliphatic rings. The molecule has 0 spiro atoms. The summed E-state index contributed by atoms with van der Waals surface area (Å²) in [6, 6.07) is 0.